The summed E-state index contributed by atoms with van der Waals surface area (Å²) in [5, 5.41) is 8.18. The lowest BCUT2D eigenvalue weighted by molar-refractivity contribution is -0.214. The first-order chi connectivity index (χ1) is 16.8. The molecule has 1 unspecified atom stereocenters. The lowest BCUT2D eigenvalue weighted by atomic mass is 9.81. The molecule has 14 heteroatoms. The highest BCUT2D eigenvalue weighted by atomic mass is 32.2. The molecule has 1 fully saturated rings. The molecule has 2 aliphatic rings. The summed E-state index contributed by atoms with van der Waals surface area (Å²) in [6.07, 6.45) is -1.29. The minimum atomic E-state index is -5.06. The van der Waals surface area contributed by atoms with E-state index in [1.165, 1.54) is 22.3 Å². The number of likely N-dealkylation sites (tertiary alicyclic amines) is 1. The highest BCUT2D eigenvalue weighted by Crippen LogP contribution is 2.50. The van der Waals surface area contributed by atoms with Crippen LogP contribution in [0.1, 0.15) is 53.8 Å². The van der Waals surface area contributed by atoms with Crippen molar-refractivity contribution in [2.75, 3.05) is 25.2 Å². The third kappa shape index (κ3) is 5.92. The summed E-state index contributed by atoms with van der Waals surface area (Å²) in [5.74, 6) is -2.23. The zero-order valence-electron chi connectivity index (χ0n) is 20.2. The van der Waals surface area contributed by atoms with Crippen LogP contribution >= 0.6 is 11.3 Å². The van der Waals surface area contributed by atoms with Crippen LogP contribution < -0.4 is 0 Å². The van der Waals surface area contributed by atoms with Gasteiger partial charge in [-0.3, -0.25) is 9.58 Å². The fraction of sp³-hybridized carbons (Fsp3) is 0.682. The molecule has 0 saturated carbocycles. The van der Waals surface area contributed by atoms with E-state index in [4.69, 9.17) is 9.47 Å². The van der Waals surface area contributed by atoms with Gasteiger partial charge >= 0.3 is 12.1 Å². The predicted octanol–water partition coefficient (Wildman–Crippen LogP) is 3.00. The standard InChI is InChI=1S/C22H29F3N4O5S2/c1-4-16-9-17-18(34-20(30)22(23,24)25)13-33-21(19(17)35-16)5-6-28(14(2)10-21)11-15-12-29(27-26-15)7-8-36(3,31)32/h9,12,14,18H,4-8,10-11,13H2,1-3H3/t14-,18?,21+/m0/s1. The molecule has 2 aliphatic heterocycles. The number of thiophene rings is 1. The fourth-order valence-corrected chi connectivity index (χ4v) is 6.57. The third-order valence-electron chi connectivity index (χ3n) is 6.61. The number of aryl methyl sites for hydroxylation is 2. The number of nitrogens with zero attached hydrogens (tertiary/aromatic N) is 4. The maximum atomic E-state index is 12.8. The number of ether oxygens (including phenoxy) is 2. The second-order valence-electron chi connectivity index (χ2n) is 9.42. The Morgan fingerprint density at radius 2 is 2.14 bits per heavy atom. The van der Waals surface area contributed by atoms with E-state index in [9.17, 15) is 26.4 Å². The number of halogens is 3. The smallest absolute Gasteiger partial charge is 0.448 e. The number of aromatic nitrogens is 3. The molecule has 1 saturated heterocycles. The second-order valence-corrected chi connectivity index (χ2v) is 12.8. The zero-order chi connectivity index (χ0) is 26.3. The first kappa shape index (κ1) is 27.0. The van der Waals surface area contributed by atoms with Gasteiger partial charge in [0.05, 0.1) is 24.6 Å². The Balaban J connectivity index is 1.47. The number of hydrogen-bond acceptors (Lipinski definition) is 9. The Bertz CT molecular complexity index is 1210. The van der Waals surface area contributed by atoms with Crippen LogP contribution in [0.2, 0.25) is 0 Å². The molecule has 0 radical (unpaired) electrons. The summed E-state index contributed by atoms with van der Waals surface area (Å²) in [6, 6.07) is 1.90. The molecule has 4 rings (SSSR count). The van der Waals surface area contributed by atoms with Crippen LogP contribution in [0, 0.1) is 0 Å². The van der Waals surface area contributed by atoms with Crippen LogP contribution in [0.5, 0.6) is 0 Å². The van der Waals surface area contributed by atoms with Crippen LogP contribution in [0.15, 0.2) is 12.3 Å². The molecule has 3 atom stereocenters. The Kier molecular flexibility index (Phi) is 7.53. The average molecular weight is 551 g/mol. The van der Waals surface area contributed by atoms with Crippen molar-refractivity contribution in [3.8, 4) is 0 Å². The molecule has 0 bridgehead atoms. The van der Waals surface area contributed by atoms with Crippen LogP contribution in [0.4, 0.5) is 13.2 Å². The van der Waals surface area contributed by atoms with E-state index in [1.54, 1.807) is 6.20 Å². The highest BCUT2D eigenvalue weighted by molar-refractivity contribution is 7.90. The fourth-order valence-electron chi connectivity index (χ4n) is 4.72. The monoisotopic (exact) mass is 550 g/mol. The molecule has 2 aromatic heterocycles. The lowest BCUT2D eigenvalue weighted by Crippen LogP contribution is -2.50. The molecule has 0 N–H and O–H groups in total. The van der Waals surface area contributed by atoms with Crippen LogP contribution in [-0.4, -0.2) is 71.7 Å². The van der Waals surface area contributed by atoms with Gasteiger partial charge in [0.15, 0.2) is 6.10 Å². The number of hydrogen-bond donors (Lipinski definition) is 0. The maximum absolute atomic E-state index is 12.8. The van der Waals surface area contributed by atoms with Crippen molar-refractivity contribution < 1.29 is 35.9 Å². The van der Waals surface area contributed by atoms with E-state index >= 15 is 0 Å². The number of carbonyl (C=O) groups excluding carboxylic acids is 1. The first-order valence-electron chi connectivity index (χ1n) is 11.7. The Hall–Kier alpha value is -2.03. The molecule has 200 valence electrons. The highest BCUT2D eigenvalue weighted by Gasteiger charge is 2.50. The number of rotatable bonds is 7. The van der Waals surface area contributed by atoms with Crippen molar-refractivity contribution >= 4 is 27.1 Å². The van der Waals surface area contributed by atoms with Crippen molar-refractivity contribution in [1.82, 2.24) is 19.9 Å². The summed E-state index contributed by atoms with van der Waals surface area (Å²) in [5.41, 5.74) is 0.674. The summed E-state index contributed by atoms with van der Waals surface area (Å²) in [6.45, 7) is 5.32. The molecule has 0 aliphatic carbocycles. The van der Waals surface area contributed by atoms with Gasteiger partial charge in [0.1, 0.15) is 15.4 Å². The molecule has 1 spiro atoms. The molecule has 9 nitrogen and oxygen atoms in total. The van der Waals surface area contributed by atoms with Crippen molar-refractivity contribution in [2.45, 2.75) is 70.1 Å². The summed E-state index contributed by atoms with van der Waals surface area (Å²) >= 11 is 1.51. The molecular formula is C22H29F3N4O5S2. The van der Waals surface area contributed by atoms with E-state index in [0.717, 1.165) is 15.4 Å². The maximum Gasteiger partial charge on any atom is 0.490 e. The number of sulfone groups is 1. The van der Waals surface area contributed by atoms with E-state index < -0.39 is 33.7 Å². The topological polar surface area (TPSA) is 104 Å². The van der Waals surface area contributed by atoms with Gasteiger partial charge in [0.25, 0.3) is 0 Å². The first-order valence-corrected chi connectivity index (χ1v) is 14.5. The molecule has 0 amide bonds. The van der Waals surface area contributed by atoms with Crippen molar-refractivity contribution in [3.63, 3.8) is 0 Å². The SMILES string of the molecule is CCc1cc2c(s1)[C@]1(CCN(Cc3cn(CCS(C)(=O)=O)nn3)[C@@H](C)C1)OCC2OC(=O)C(F)(F)F. The summed E-state index contributed by atoms with van der Waals surface area (Å²) in [4.78, 5) is 15.6. The van der Waals surface area contributed by atoms with Crippen LogP contribution in [0.3, 0.4) is 0 Å². The van der Waals surface area contributed by atoms with E-state index in [1.807, 2.05) is 13.0 Å². The van der Waals surface area contributed by atoms with Gasteiger partial charge in [-0.15, -0.1) is 16.4 Å². The molecular weight excluding hydrogens is 521 g/mol. The number of piperidine rings is 1. The number of carbonyl (C=O) groups is 1. The molecule has 4 heterocycles. The quantitative estimate of drug-likeness (QED) is 0.485. The number of fused-ring (bicyclic) bond motifs is 2. The van der Waals surface area contributed by atoms with E-state index in [2.05, 4.69) is 22.1 Å². The van der Waals surface area contributed by atoms with Crippen molar-refractivity contribution in [1.29, 1.82) is 0 Å². The Morgan fingerprint density at radius 3 is 2.78 bits per heavy atom. The van der Waals surface area contributed by atoms with Crippen LogP contribution in [-0.2, 0) is 49.2 Å². The molecule has 36 heavy (non-hydrogen) atoms. The number of alkyl halides is 3. The lowest BCUT2D eigenvalue weighted by Gasteiger charge is -2.47. The normalized spacial score (nSPS) is 25.2. The second kappa shape index (κ2) is 10.0. The van der Waals surface area contributed by atoms with Gasteiger partial charge in [-0.1, -0.05) is 12.1 Å². The van der Waals surface area contributed by atoms with Gasteiger partial charge in [-0.05, 0) is 32.3 Å². The predicted molar refractivity (Wildman–Crippen MR) is 125 cm³/mol. The minimum Gasteiger partial charge on any atom is -0.448 e. The number of esters is 1. The van der Waals surface area contributed by atoms with Crippen molar-refractivity contribution in [2.24, 2.45) is 0 Å². The van der Waals surface area contributed by atoms with Crippen molar-refractivity contribution in [3.05, 3.63) is 33.3 Å². The zero-order valence-corrected chi connectivity index (χ0v) is 21.9. The molecule has 2 aromatic rings. The summed E-state index contributed by atoms with van der Waals surface area (Å²) < 4.78 is 73.7. The largest absolute Gasteiger partial charge is 0.490 e. The van der Waals surface area contributed by atoms with Crippen LogP contribution in [0.25, 0.3) is 0 Å². The third-order valence-corrected chi connectivity index (χ3v) is 9.01. The average Bonchev–Trinajstić information content (AvgIpc) is 3.43. The van der Waals surface area contributed by atoms with Gasteiger partial charge in [0.2, 0.25) is 0 Å². The minimum absolute atomic E-state index is 0.0159. The van der Waals surface area contributed by atoms with Gasteiger partial charge in [-0.25, -0.2) is 13.2 Å². The van der Waals surface area contributed by atoms with Gasteiger partial charge < -0.3 is 9.47 Å². The Morgan fingerprint density at radius 1 is 1.39 bits per heavy atom. The van der Waals surface area contributed by atoms with Gasteiger partial charge in [-0.2, -0.15) is 13.2 Å². The summed E-state index contributed by atoms with van der Waals surface area (Å²) in [7, 11) is -3.10. The van der Waals surface area contributed by atoms with E-state index in [0.29, 0.717) is 37.9 Å². The molecule has 0 aromatic carbocycles. The van der Waals surface area contributed by atoms with E-state index in [-0.39, 0.29) is 24.9 Å². The Labute approximate surface area is 211 Å². The van der Waals surface area contributed by atoms with Gasteiger partial charge in [0, 0.05) is 46.9 Å².